The number of carbonyl (C=O) groups excluding carboxylic acids is 2. The van der Waals surface area contributed by atoms with Gasteiger partial charge in [-0.15, -0.1) is 0 Å². The summed E-state index contributed by atoms with van der Waals surface area (Å²) in [4.78, 5) is 28.9. The third-order valence-corrected chi connectivity index (χ3v) is 6.10. The van der Waals surface area contributed by atoms with Gasteiger partial charge in [0.05, 0.1) is 30.8 Å². The Labute approximate surface area is 227 Å². The molecule has 0 aliphatic carbocycles. The molecule has 0 saturated carbocycles. The van der Waals surface area contributed by atoms with Gasteiger partial charge >= 0.3 is 12.4 Å². The lowest BCUT2D eigenvalue weighted by atomic mass is 9.85. The first-order valence-corrected chi connectivity index (χ1v) is 11.9. The van der Waals surface area contributed by atoms with Crippen molar-refractivity contribution in [3.8, 4) is 0 Å². The van der Waals surface area contributed by atoms with E-state index in [1.807, 2.05) is 0 Å². The number of aryl methyl sites for hydroxylation is 1. The molecule has 3 rings (SSSR count). The first-order chi connectivity index (χ1) is 18.2. The number of rotatable bonds is 7. The Morgan fingerprint density at radius 1 is 1.05 bits per heavy atom. The molecule has 218 valence electrons. The van der Waals surface area contributed by atoms with E-state index >= 15 is 0 Å². The summed E-state index contributed by atoms with van der Waals surface area (Å²) in [6.45, 7) is 3.18. The fraction of sp³-hybridized carbons (Fsp3) is 0.400. The fourth-order valence-corrected chi connectivity index (χ4v) is 4.07. The van der Waals surface area contributed by atoms with E-state index in [9.17, 15) is 44.7 Å². The van der Waals surface area contributed by atoms with Crippen LogP contribution in [0, 0.1) is 12.7 Å². The number of alkyl halides is 7. The van der Waals surface area contributed by atoms with Gasteiger partial charge in [-0.1, -0.05) is 22.8 Å². The standard InChI is InChI=1S/C25H22ClF8N3O3/c1-12-6-13(4-5-15(12)21(39)35-10-19(38)36-11-22(2,3)28)18-9-23(40-37-18,25(32,33)34)16-7-14(26)8-17(20(16)27)24(29,30)31/h4-8H,9-11H2,1-3H3,(H,35,39)(H,36,38)/t23-/m0/s1. The number of hydrogen-bond acceptors (Lipinski definition) is 4. The van der Waals surface area contributed by atoms with Crippen LogP contribution in [-0.4, -0.2) is 42.5 Å². The minimum atomic E-state index is -5.42. The smallest absolute Gasteiger partial charge is 0.374 e. The summed E-state index contributed by atoms with van der Waals surface area (Å²) in [6, 6.07) is 4.27. The minimum Gasteiger partial charge on any atom is -0.374 e. The minimum absolute atomic E-state index is 0.0153. The summed E-state index contributed by atoms with van der Waals surface area (Å²) < 4.78 is 111. The van der Waals surface area contributed by atoms with Crippen LogP contribution in [0.15, 0.2) is 35.5 Å². The van der Waals surface area contributed by atoms with E-state index in [0.29, 0.717) is 6.07 Å². The van der Waals surface area contributed by atoms with Gasteiger partial charge in [0.25, 0.3) is 11.5 Å². The van der Waals surface area contributed by atoms with Crippen molar-refractivity contribution in [1.29, 1.82) is 0 Å². The molecule has 15 heteroatoms. The van der Waals surface area contributed by atoms with E-state index in [0.717, 1.165) is 0 Å². The largest absolute Gasteiger partial charge is 0.435 e. The highest BCUT2D eigenvalue weighted by Gasteiger charge is 2.64. The molecule has 0 radical (unpaired) electrons. The molecule has 6 nitrogen and oxygen atoms in total. The van der Waals surface area contributed by atoms with Gasteiger partial charge in [0.2, 0.25) is 5.91 Å². The Morgan fingerprint density at radius 3 is 2.25 bits per heavy atom. The van der Waals surface area contributed by atoms with E-state index in [-0.39, 0.29) is 35.0 Å². The van der Waals surface area contributed by atoms with Gasteiger partial charge in [-0.2, -0.15) is 26.3 Å². The zero-order valence-corrected chi connectivity index (χ0v) is 21.8. The van der Waals surface area contributed by atoms with Gasteiger partial charge in [-0.05, 0) is 56.2 Å². The second-order valence-corrected chi connectivity index (χ2v) is 10.1. The predicted octanol–water partition coefficient (Wildman–Crippen LogP) is 5.98. The molecule has 40 heavy (non-hydrogen) atoms. The van der Waals surface area contributed by atoms with Crippen molar-refractivity contribution >= 4 is 29.1 Å². The van der Waals surface area contributed by atoms with E-state index in [1.54, 1.807) is 0 Å². The molecule has 0 fully saturated rings. The zero-order chi connectivity index (χ0) is 30.3. The Kier molecular flexibility index (Phi) is 8.45. The van der Waals surface area contributed by atoms with Crippen LogP contribution in [-0.2, 0) is 21.4 Å². The van der Waals surface area contributed by atoms with Crippen LogP contribution < -0.4 is 10.6 Å². The Morgan fingerprint density at radius 2 is 1.70 bits per heavy atom. The second-order valence-electron chi connectivity index (χ2n) is 9.65. The molecule has 1 heterocycles. The number of carbonyl (C=O) groups is 2. The van der Waals surface area contributed by atoms with Crippen LogP contribution in [0.4, 0.5) is 35.1 Å². The van der Waals surface area contributed by atoms with E-state index in [4.69, 9.17) is 11.6 Å². The first kappa shape index (κ1) is 31.1. The number of nitrogens with zero attached hydrogens (tertiary/aromatic N) is 1. The third-order valence-electron chi connectivity index (χ3n) is 5.88. The number of halogens is 9. The molecule has 2 aromatic rings. The Bertz CT molecular complexity index is 1350. The fourth-order valence-electron chi connectivity index (χ4n) is 3.85. The van der Waals surface area contributed by atoms with Gasteiger partial charge in [0, 0.05) is 16.1 Å². The monoisotopic (exact) mass is 599 g/mol. The summed E-state index contributed by atoms with van der Waals surface area (Å²) in [7, 11) is 0. The molecule has 0 aromatic heterocycles. The average Bonchev–Trinajstić information content (AvgIpc) is 3.28. The molecule has 0 spiro atoms. The molecule has 1 aliphatic heterocycles. The highest BCUT2D eigenvalue weighted by molar-refractivity contribution is 6.30. The Balaban J connectivity index is 1.85. The number of oxime groups is 1. The van der Waals surface area contributed by atoms with Crippen LogP contribution in [0.2, 0.25) is 5.02 Å². The molecule has 2 aromatic carbocycles. The maximum Gasteiger partial charge on any atom is 0.435 e. The average molecular weight is 600 g/mol. The highest BCUT2D eigenvalue weighted by atomic mass is 35.5. The molecule has 0 unspecified atom stereocenters. The molecule has 1 aliphatic rings. The van der Waals surface area contributed by atoms with Crippen molar-refractivity contribution < 1.29 is 49.5 Å². The van der Waals surface area contributed by atoms with Crippen molar-refractivity contribution in [2.24, 2.45) is 5.16 Å². The topological polar surface area (TPSA) is 79.8 Å². The van der Waals surface area contributed by atoms with Gasteiger partial charge < -0.3 is 15.5 Å². The summed E-state index contributed by atoms with van der Waals surface area (Å²) in [5, 5.41) is 7.23. The van der Waals surface area contributed by atoms with Crippen molar-refractivity contribution in [3.63, 3.8) is 0 Å². The highest BCUT2D eigenvalue weighted by Crippen LogP contribution is 2.51. The second kappa shape index (κ2) is 10.9. The number of nitrogens with one attached hydrogen (secondary N) is 2. The lowest BCUT2D eigenvalue weighted by Gasteiger charge is -2.30. The molecule has 1 atom stereocenters. The summed E-state index contributed by atoms with van der Waals surface area (Å²) in [5.41, 5.74) is -8.84. The lowest BCUT2D eigenvalue weighted by Crippen LogP contribution is -2.43. The van der Waals surface area contributed by atoms with Crippen LogP contribution >= 0.6 is 11.6 Å². The Hall–Kier alpha value is -3.42. The van der Waals surface area contributed by atoms with Gasteiger partial charge in [-0.25, -0.2) is 8.78 Å². The van der Waals surface area contributed by atoms with E-state index < -0.39 is 70.4 Å². The zero-order valence-electron chi connectivity index (χ0n) is 21.1. The number of hydrogen-bond donors (Lipinski definition) is 2. The maximum atomic E-state index is 14.8. The van der Waals surface area contributed by atoms with E-state index in [1.165, 1.54) is 39.0 Å². The van der Waals surface area contributed by atoms with Crippen molar-refractivity contribution in [3.05, 3.63) is 69.0 Å². The molecule has 0 saturated heterocycles. The first-order valence-electron chi connectivity index (χ1n) is 11.5. The SMILES string of the molecule is Cc1cc(C2=NO[C@@](c3cc(Cl)cc(C(F)(F)F)c3F)(C(F)(F)F)C2)ccc1C(=O)NCC(=O)NCC(C)(C)F. The van der Waals surface area contributed by atoms with Crippen LogP contribution in [0.25, 0.3) is 0 Å². The van der Waals surface area contributed by atoms with Crippen molar-refractivity contribution in [1.82, 2.24) is 10.6 Å². The lowest BCUT2D eigenvalue weighted by molar-refractivity contribution is -0.277. The van der Waals surface area contributed by atoms with Crippen LogP contribution in [0.3, 0.4) is 0 Å². The summed E-state index contributed by atoms with van der Waals surface area (Å²) >= 11 is 5.62. The quantitative estimate of drug-likeness (QED) is 0.384. The molecule has 0 bridgehead atoms. The summed E-state index contributed by atoms with van der Waals surface area (Å²) in [6.07, 6.45) is -11.9. The normalized spacial score (nSPS) is 17.8. The molecular formula is C25H22ClF8N3O3. The maximum absolute atomic E-state index is 14.8. The van der Waals surface area contributed by atoms with Crippen LogP contribution in [0.5, 0.6) is 0 Å². The van der Waals surface area contributed by atoms with Crippen molar-refractivity contribution in [2.75, 3.05) is 13.1 Å². The molecular weight excluding hydrogens is 578 g/mol. The molecule has 2 N–H and O–H groups in total. The predicted molar refractivity (Wildman–Crippen MR) is 128 cm³/mol. The molecule has 2 amide bonds. The van der Waals surface area contributed by atoms with Crippen molar-refractivity contribution in [2.45, 2.75) is 50.8 Å². The van der Waals surface area contributed by atoms with Gasteiger partial charge in [0.1, 0.15) is 11.5 Å². The number of benzene rings is 2. The number of amides is 2. The van der Waals surface area contributed by atoms with Gasteiger partial charge in [-0.3, -0.25) is 9.59 Å². The van der Waals surface area contributed by atoms with Gasteiger partial charge in [0.15, 0.2) is 0 Å². The third kappa shape index (κ3) is 6.65. The summed E-state index contributed by atoms with van der Waals surface area (Å²) in [5.74, 6) is -3.57. The van der Waals surface area contributed by atoms with E-state index in [2.05, 4.69) is 20.6 Å². The van der Waals surface area contributed by atoms with Crippen LogP contribution in [0.1, 0.15) is 52.9 Å².